The summed E-state index contributed by atoms with van der Waals surface area (Å²) in [7, 11) is 0. The second kappa shape index (κ2) is 34.2. The number of β-amino-alcohol motifs (C(OH)–C–C–N with tert-alkyl or cyclic N) is 2. The molecule has 8 aromatic rings. The standard InChI is InChI=1S/C21H25FN2O3.C21H23FN2O3.C21H26N2O3.C21H24N2O3/c2*1-13-2-4-17(9-23-13)27-18-6-15-10-24(11-16(15)7-18)12-21(26)14-3-5-20(25)19(22)8-14;2*1-14-2-5-18(6-3-14)26-19-8-15-11-23(12-16(15)9-19)13-21(25)20-7-4-17(24)10-22-20/h2-5,8-9,15-16,18,21,25-26H,6-7,10-12H2,1H3;2-5,8-9,15-16,18,25H,6-7,10-12H2,1H3;2-7,10,15-16,19,21,24-25H,8-9,11-13H2,1H3;2-7,10,15-16,19,24H,8-9,11-13H2,1H3/t15-,16+,18?,21?;15-,16+,18?;15-,16+,19?,21?;15-,16+,19?. The highest BCUT2D eigenvalue weighted by Crippen LogP contribution is 2.44. The first kappa shape index (κ1) is 75.1. The van der Waals surface area contributed by atoms with E-state index in [2.05, 4.69) is 89.8 Å². The highest BCUT2D eigenvalue weighted by molar-refractivity contribution is 5.98. The van der Waals surface area contributed by atoms with Crippen molar-refractivity contribution in [2.45, 2.75) is 116 Å². The zero-order valence-electron chi connectivity index (χ0n) is 60.7. The maximum Gasteiger partial charge on any atom is 0.195 e. The molecule has 16 rings (SSSR count). The van der Waals surface area contributed by atoms with Crippen molar-refractivity contribution in [3.05, 3.63) is 215 Å². The Bertz CT molecular complexity index is 4170. The highest BCUT2D eigenvalue weighted by atomic mass is 19.1. The largest absolute Gasteiger partial charge is 0.506 e. The van der Waals surface area contributed by atoms with Gasteiger partial charge in [0, 0.05) is 82.4 Å². The van der Waals surface area contributed by atoms with Gasteiger partial charge in [0.25, 0.3) is 0 Å². The second-order valence-electron chi connectivity index (χ2n) is 30.7. The van der Waals surface area contributed by atoms with Crippen molar-refractivity contribution >= 4 is 11.6 Å². The fourth-order valence-electron chi connectivity index (χ4n) is 17.2. The molecule has 8 aliphatic rings. The monoisotopic (exact) mass is 1450 g/mol. The molecule has 106 heavy (non-hydrogen) atoms. The number of pyridine rings is 4. The van der Waals surface area contributed by atoms with Crippen molar-refractivity contribution < 1.29 is 68.0 Å². The van der Waals surface area contributed by atoms with Gasteiger partial charge in [0.05, 0.1) is 74.1 Å². The summed E-state index contributed by atoms with van der Waals surface area (Å²) in [6, 6.07) is 38.6. The van der Waals surface area contributed by atoms with E-state index in [1.54, 1.807) is 36.7 Å². The van der Waals surface area contributed by atoms with Gasteiger partial charge < -0.3 is 49.6 Å². The van der Waals surface area contributed by atoms with Crippen LogP contribution in [0.4, 0.5) is 8.78 Å². The molecule has 4 aliphatic carbocycles. The van der Waals surface area contributed by atoms with Gasteiger partial charge in [-0.25, -0.2) is 13.8 Å². The molecule has 0 spiro atoms. The summed E-state index contributed by atoms with van der Waals surface area (Å²) < 4.78 is 51.4. The number of Topliss-reactive ketones (excluding diaryl/α,β-unsaturated/α-hetero) is 2. The Labute approximate surface area is 618 Å². The van der Waals surface area contributed by atoms with Crippen LogP contribution in [0.25, 0.3) is 0 Å². The Morgan fingerprint density at radius 1 is 0.406 bits per heavy atom. The average molecular weight is 1450 g/mol. The predicted molar refractivity (Wildman–Crippen MR) is 395 cm³/mol. The first-order valence-corrected chi connectivity index (χ1v) is 37.3. The van der Waals surface area contributed by atoms with Gasteiger partial charge in [0.2, 0.25) is 0 Å². The Kier molecular flexibility index (Phi) is 24.2. The number of likely N-dealkylation sites (tertiary alicyclic amines) is 4. The van der Waals surface area contributed by atoms with Gasteiger partial charge in [0.1, 0.15) is 46.3 Å². The molecule has 20 nitrogen and oxygen atoms in total. The van der Waals surface area contributed by atoms with E-state index in [1.165, 1.54) is 53.9 Å². The first-order chi connectivity index (χ1) is 51.1. The number of phenolic OH excluding ortho intramolecular Hbond substituents is 2. The Morgan fingerprint density at radius 3 is 1.17 bits per heavy atom. The Balaban J connectivity index is 0.000000125. The van der Waals surface area contributed by atoms with Gasteiger partial charge >= 0.3 is 0 Å². The summed E-state index contributed by atoms with van der Waals surface area (Å²) in [6.45, 7) is 17.3. The maximum atomic E-state index is 13.5. The van der Waals surface area contributed by atoms with Crippen LogP contribution in [0.2, 0.25) is 0 Å². The number of aliphatic hydroxyl groups is 2. The van der Waals surface area contributed by atoms with Crippen molar-refractivity contribution in [2.75, 3.05) is 78.5 Å². The molecule has 22 heteroatoms. The number of aliphatic hydroxyl groups excluding tert-OH is 2. The maximum absolute atomic E-state index is 13.5. The number of carbonyl (C=O) groups excluding carboxylic acids is 2. The Hall–Kier alpha value is -9.16. The molecule has 0 radical (unpaired) electrons. The number of fused-ring (bicyclic) bond motifs is 4. The van der Waals surface area contributed by atoms with Crippen LogP contribution in [-0.4, -0.2) is 185 Å². The molecule has 14 atom stereocenters. The number of aryl methyl sites for hydroxylation is 4. The van der Waals surface area contributed by atoms with Gasteiger partial charge in [-0.15, -0.1) is 0 Å². The molecule has 6 unspecified atom stereocenters. The van der Waals surface area contributed by atoms with Gasteiger partial charge in [-0.2, -0.15) is 0 Å². The second-order valence-corrected chi connectivity index (χ2v) is 30.7. The lowest BCUT2D eigenvalue weighted by atomic mass is 10.0. The zero-order chi connectivity index (χ0) is 74.1. The smallest absolute Gasteiger partial charge is 0.195 e. The van der Waals surface area contributed by atoms with Crippen LogP contribution < -0.4 is 18.9 Å². The van der Waals surface area contributed by atoms with Crippen LogP contribution in [0.5, 0.6) is 46.0 Å². The lowest BCUT2D eigenvalue weighted by Crippen LogP contribution is -2.30. The minimum absolute atomic E-state index is 0.0115. The topological polar surface area (TPSA) is 257 Å². The number of rotatable bonds is 20. The summed E-state index contributed by atoms with van der Waals surface area (Å²) in [5, 5.41) is 57.9. The van der Waals surface area contributed by atoms with Gasteiger partial charge in [0.15, 0.2) is 34.7 Å². The average Bonchev–Trinajstić information content (AvgIpc) is 1.68. The molecule has 6 N–H and O–H groups in total. The molecule has 4 aliphatic heterocycles. The molecular formula is C84H98F2N8O12. The number of aromatic nitrogens is 4. The van der Waals surface area contributed by atoms with E-state index < -0.39 is 35.3 Å². The molecule has 8 fully saturated rings. The number of phenols is 2. The van der Waals surface area contributed by atoms with Crippen LogP contribution in [-0.2, 0) is 0 Å². The van der Waals surface area contributed by atoms with Crippen LogP contribution in [0.3, 0.4) is 0 Å². The predicted octanol–water partition coefficient (Wildman–Crippen LogP) is 12.3. The van der Waals surface area contributed by atoms with E-state index in [9.17, 15) is 49.0 Å². The molecule has 560 valence electrons. The van der Waals surface area contributed by atoms with Gasteiger partial charge in [-0.05, 0) is 235 Å². The number of hydrogen-bond donors (Lipinski definition) is 6. The number of halogens is 2. The van der Waals surface area contributed by atoms with Crippen molar-refractivity contribution in [1.29, 1.82) is 0 Å². The zero-order valence-corrected chi connectivity index (χ0v) is 60.7. The van der Waals surface area contributed by atoms with Gasteiger partial charge in [-0.3, -0.25) is 44.1 Å². The van der Waals surface area contributed by atoms with Crippen molar-refractivity contribution in [2.24, 2.45) is 47.3 Å². The molecular weight excluding hydrogens is 1350 g/mol. The van der Waals surface area contributed by atoms with Crippen molar-refractivity contribution in [1.82, 2.24) is 39.5 Å². The normalized spacial score (nSPS) is 25.7. The molecule has 4 saturated carbocycles. The highest BCUT2D eigenvalue weighted by Gasteiger charge is 2.46. The number of hydrogen-bond acceptors (Lipinski definition) is 20. The Morgan fingerprint density at radius 2 is 0.783 bits per heavy atom. The quantitative estimate of drug-likeness (QED) is 0.0388. The summed E-state index contributed by atoms with van der Waals surface area (Å²) in [5.74, 6) is 6.04. The number of ether oxygens (including phenoxy) is 4. The fourth-order valence-corrected chi connectivity index (χ4v) is 17.2. The number of ketones is 2. The van der Waals surface area contributed by atoms with E-state index in [0.717, 1.165) is 144 Å². The number of nitrogens with zero attached hydrogens (tertiary/aromatic N) is 8. The van der Waals surface area contributed by atoms with E-state index in [0.29, 0.717) is 95.6 Å². The lowest BCUT2D eigenvalue weighted by molar-refractivity contribution is 0.0925. The van der Waals surface area contributed by atoms with E-state index in [1.807, 2.05) is 50.2 Å². The molecule has 4 saturated heterocycles. The summed E-state index contributed by atoms with van der Waals surface area (Å²) in [5.41, 5.74) is 6.27. The number of carbonyl (C=O) groups is 2. The molecule has 4 aromatic heterocycles. The van der Waals surface area contributed by atoms with Crippen molar-refractivity contribution in [3.63, 3.8) is 0 Å². The van der Waals surface area contributed by atoms with Crippen LogP contribution in [0.1, 0.15) is 118 Å². The fraction of sp³-hybridized carbons (Fsp3) is 0.452. The molecule has 8 heterocycles. The third-order valence-electron chi connectivity index (χ3n) is 22.5. The van der Waals surface area contributed by atoms with Gasteiger partial charge in [-0.1, -0.05) is 41.5 Å². The minimum atomic E-state index is -0.760. The van der Waals surface area contributed by atoms with Crippen LogP contribution in [0, 0.1) is 86.7 Å². The summed E-state index contributed by atoms with van der Waals surface area (Å²) >= 11 is 0. The third kappa shape index (κ3) is 19.9. The van der Waals surface area contributed by atoms with E-state index in [-0.39, 0.29) is 47.9 Å². The number of aromatic hydroxyl groups is 4. The minimum Gasteiger partial charge on any atom is -0.506 e. The lowest BCUT2D eigenvalue weighted by Gasteiger charge is -2.22. The first-order valence-electron chi connectivity index (χ1n) is 37.3. The van der Waals surface area contributed by atoms with Crippen molar-refractivity contribution in [3.8, 4) is 46.0 Å². The van der Waals surface area contributed by atoms with Crippen LogP contribution >= 0.6 is 0 Å². The number of benzene rings is 4. The summed E-state index contributed by atoms with van der Waals surface area (Å²) in [4.78, 5) is 50.4. The van der Waals surface area contributed by atoms with Crippen LogP contribution in [0.15, 0.2) is 158 Å². The molecule has 4 aromatic carbocycles. The summed E-state index contributed by atoms with van der Waals surface area (Å²) in [6.07, 6.45) is 14.2. The van der Waals surface area contributed by atoms with E-state index >= 15 is 0 Å². The SMILES string of the molecule is Cc1ccc(OC2C[C@@H]3CN(CC(=O)c4ccc(O)c(F)c4)C[C@@H]3C2)cn1.Cc1ccc(OC2C[C@@H]3CN(CC(=O)c4ccc(O)cn4)C[C@@H]3C2)cc1.Cc1ccc(OC2C[C@@H]3CN(CC(O)c4ccc(O)c(F)c4)C[C@@H]3C2)cn1.Cc1ccc(OC2C[C@@H]3CN(CC(O)c4ccc(O)cn4)C[C@@H]3C2)cc1. The third-order valence-corrected chi connectivity index (χ3v) is 22.5. The molecule has 0 amide bonds. The van der Waals surface area contributed by atoms with E-state index in [4.69, 9.17) is 18.9 Å². The molecule has 0 bridgehead atoms.